The predicted octanol–water partition coefficient (Wildman–Crippen LogP) is 2.56. The Morgan fingerprint density at radius 3 is 2.50 bits per heavy atom. The second-order valence-corrected chi connectivity index (χ2v) is 8.86. The molecule has 36 heavy (non-hydrogen) atoms. The molecule has 0 saturated carbocycles. The van der Waals surface area contributed by atoms with Crippen molar-refractivity contribution in [2.24, 2.45) is 0 Å². The van der Waals surface area contributed by atoms with Crippen molar-refractivity contribution >= 4 is 16.9 Å². The van der Waals surface area contributed by atoms with Crippen molar-refractivity contribution in [1.82, 2.24) is 29.4 Å². The first-order valence-electron chi connectivity index (χ1n) is 11.1. The average molecular weight is 502 g/mol. The van der Waals surface area contributed by atoms with Crippen LogP contribution in [0.3, 0.4) is 0 Å². The zero-order valence-electron chi connectivity index (χ0n) is 19.1. The van der Waals surface area contributed by atoms with Crippen LogP contribution in [0.25, 0.3) is 16.7 Å². The highest BCUT2D eigenvalue weighted by atomic mass is 19.4. The molecule has 0 aliphatic carbocycles. The highest BCUT2D eigenvalue weighted by Gasteiger charge is 2.36. The van der Waals surface area contributed by atoms with Gasteiger partial charge in [0.25, 0.3) is 11.5 Å². The maximum atomic E-state index is 13.1. The van der Waals surface area contributed by atoms with Gasteiger partial charge < -0.3 is 14.5 Å². The first kappa shape index (κ1) is 23.7. The number of aliphatic hydroxyl groups is 1. The summed E-state index contributed by atoms with van der Waals surface area (Å²) in [5, 5.41) is 19.1. The van der Waals surface area contributed by atoms with E-state index in [2.05, 4.69) is 15.2 Å². The molecule has 1 aliphatic heterocycles. The Kier molecular flexibility index (Phi) is 5.66. The molecule has 10 nitrogen and oxygen atoms in total. The summed E-state index contributed by atoms with van der Waals surface area (Å²) >= 11 is 0. The van der Waals surface area contributed by atoms with E-state index in [-0.39, 0.29) is 55.1 Å². The maximum Gasteiger partial charge on any atom is 0.416 e. The smallest absolute Gasteiger partial charge is 0.388 e. The number of hydrogen-bond acceptors (Lipinski definition) is 7. The summed E-state index contributed by atoms with van der Waals surface area (Å²) in [5.41, 5.74) is -1.77. The molecule has 0 radical (unpaired) electrons. The third kappa shape index (κ3) is 4.37. The standard InChI is InChI=1S/C23H21F3N6O4/c1-14-10-18(29-36-14)21(34)30-8-6-22(35,7-9-30)12-31-13-27-19-17(20(31)33)11-28-32(19)16-4-2-15(3-5-16)23(24,25)26/h2-5,10-11,13,35H,6-9,12H2,1H3. The van der Waals surface area contributed by atoms with Gasteiger partial charge in [0.15, 0.2) is 11.3 Å². The fraction of sp³-hybridized carbons (Fsp3) is 0.348. The van der Waals surface area contributed by atoms with E-state index in [0.29, 0.717) is 11.4 Å². The number of benzene rings is 1. The lowest BCUT2D eigenvalue weighted by Gasteiger charge is -2.38. The third-order valence-electron chi connectivity index (χ3n) is 6.29. The van der Waals surface area contributed by atoms with Crippen LogP contribution in [0.5, 0.6) is 0 Å². The molecule has 4 heterocycles. The van der Waals surface area contributed by atoms with Gasteiger partial charge in [-0.1, -0.05) is 5.16 Å². The molecule has 1 amide bonds. The average Bonchev–Trinajstić information content (AvgIpc) is 3.47. The number of rotatable bonds is 4. The van der Waals surface area contributed by atoms with Crippen LogP contribution >= 0.6 is 0 Å². The molecule has 0 unspecified atom stereocenters. The second kappa shape index (κ2) is 8.59. The Hall–Kier alpha value is -4.00. The molecule has 4 aromatic rings. The molecule has 1 fully saturated rings. The monoisotopic (exact) mass is 502 g/mol. The number of carbonyl (C=O) groups excluding carboxylic acids is 1. The van der Waals surface area contributed by atoms with E-state index < -0.39 is 22.9 Å². The minimum absolute atomic E-state index is 0.0364. The van der Waals surface area contributed by atoms with Gasteiger partial charge in [-0.25, -0.2) is 9.67 Å². The van der Waals surface area contributed by atoms with Gasteiger partial charge in [-0.3, -0.25) is 14.2 Å². The largest absolute Gasteiger partial charge is 0.416 e. The Morgan fingerprint density at radius 2 is 1.89 bits per heavy atom. The van der Waals surface area contributed by atoms with E-state index in [9.17, 15) is 27.9 Å². The van der Waals surface area contributed by atoms with Crippen molar-refractivity contribution in [3.63, 3.8) is 0 Å². The van der Waals surface area contributed by atoms with Gasteiger partial charge in [0.2, 0.25) is 0 Å². The first-order valence-corrected chi connectivity index (χ1v) is 11.1. The molecule has 1 saturated heterocycles. The predicted molar refractivity (Wildman–Crippen MR) is 119 cm³/mol. The Balaban J connectivity index is 1.32. The van der Waals surface area contributed by atoms with Gasteiger partial charge >= 0.3 is 6.18 Å². The molecule has 1 N–H and O–H groups in total. The Labute approximate surface area is 201 Å². The van der Waals surface area contributed by atoms with Crippen molar-refractivity contribution in [3.8, 4) is 5.69 Å². The van der Waals surface area contributed by atoms with E-state index >= 15 is 0 Å². The van der Waals surface area contributed by atoms with E-state index in [1.807, 2.05) is 0 Å². The summed E-state index contributed by atoms with van der Waals surface area (Å²) in [7, 11) is 0. The van der Waals surface area contributed by atoms with Crippen LogP contribution < -0.4 is 5.56 Å². The lowest BCUT2D eigenvalue weighted by molar-refractivity contribution is -0.137. The van der Waals surface area contributed by atoms with Crippen molar-refractivity contribution < 1.29 is 27.6 Å². The molecule has 3 aromatic heterocycles. The summed E-state index contributed by atoms with van der Waals surface area (Å²) in [5.74, 6) is 0.237. The van der Waals surface area contributed by atoms with Crippen LogP contribution in [0.4, 0.5) is 13.2 Å². The zero-order valence-corrected chi connectivity index (χ0v) is 19.1. The summed E-state index contributed by atoms with van der Waals surface area (Å²) in [6, 6.07) is 5.91. The van der Waals surface area contributed by atoms with Gasteiger partial charge in [0, 0.05) is 19.2 Å². The number of hydrogen-bond donors (Lipinski definition) is 1. The van der Waals surface area contributed by atoms with Crippen LogP contribution in [0.2, 0.25) is 0 Å². The van der Waals surface area contributed by atoms with Gasteiger partial charge in [-0.05, 0) is 44.0 Å². The molecule has 1 aliphatic rings. The van der Waals surface area contributed by atoms with Gasteiger partial charge in [0.05, 0.1) is 29.6 Å². The summed E-state index contributed by atoms with van der Waals surface area (Å²) in [6.07, 6.45) is -1.41. The van der Waals surface area contributed by atoms with E-state index in [0.717, 1.165) is 12.1 Å². The normalized spacial score (nSPS) is 16.0. The molecule has 0 atom stereocenters. The minimum Gasteiger partial charge on any atom is -0.388 e. The lowest BCUT2D eigenvalue weighted by atomic mass is 9.91. The second-order valence-electron chi connectivity index (χ2n) is 8.86. The number of piperidine rings is 1. The number of fused-ring (bicyclic) bond motifs is 1. The summed E-state index contributed by atoms with van der Waals surface area (Å²) < 4.78 is 46.1. The molecule has 0 spiro atoms. The molecular formula is C23H21F3N6O4. The maximum absolute atomic E-state index is 13.1. The number of halogens is 3. The lowest BCUT2D eigenvalue weighted by Crippen LogP contribution is -2.49. The van der Waals surface area contributed by atoms with Crippen molar-refractivity contribution in [2.45, 2.75) is 38.1 Å². The minimum atomic E-state index is -4.46. The zero-order chi connectivity index (χ0) is 25.7. The van der Waals surface area contributed by atoms with Crippen LogP contribution in [0.1, 0.15) is 34.7 Å². The number of carbonyl (C=O) groups is 1. The van der Waals surface area contributed by atoms with Gasteiger partial charge in [-0.2, -0.15) is 18.3 Å². The SMILES string of the molecule is Cc1cc(C(=O)N2CCC(O)(Cn3cnc4c(cnn4-c4ccc(C(F)(F)F)cc4)c3=O)CC2)no1. The molecule has 1 aromatic carbocycles. The van der Waals surface area contributed by atoms with E-state index in [1.165, 1.54) is 33.9 Å². The molecule has 5 rings (SSSR count). The molecular weight excluding hydrogens is 481 g/mol. The van der Waals surface area contributed by atoms with Gasteiger partial charge in [-0.15, -0.1) is 0 Å². The quantitative estimate of drug-likeness (QED) is 0.456. The number of amides is 1. The molecule has 0 bridgehead atoms. The fourth-order valence-electron chi connectivity index (χ4n) is 4.27. The fourth-order valence-corrected chi connectivity index (χ4v) is 4.27. The van der Waals surface area contributed by atoms with Crippen molar-refractivity contribution in [2.75, 3.05) is 13.1 Å². The third-order valence-corrected chi connectivity index (χ3v) is 6.29. The van der Waals surface area contributed by atoms with Gasteiger partial charge in [0.1, 0.15) is 17.5 Å². The highest BCUT2D eigenvalue weighted by molar-refractivity contribution is 5.92. The molecule has 188 valence electrons. The number of aromatic nitrogens is 5. The van der Waals surface area contributed by atoms with E-state index in [4.69, 9.17) is 4.52 Å². The summed E-state index contributed by atoms with van der Waals surface area (Å²) in [6.45, 7) is 2.20. The number of nitrogens with zero attached hydrogens (tertiary/aromatic N) is 6. The number of likely N-dealkylation sites (tertiary alicyclic amines) is 1. The summed E-state index contributed by atoms with van der Waals surface area (Å²) in [4.78, 5) is 31.5. The number of aryl methyl sites for hydroxylation is 1. The van der Waals surface area contributed by atoms with Crippen LogP contribution in [-0.4, -0.2) is 59.1 Å². The van der Waals surface area contributed by atoms with E-state index in [1.54, 1.807) is 17.9 Å². The highest BCUT2D eigenvalue weighted by Crippen LogP contribution is 2.30. The van der Waals surface area contributed by atoms with Crippen molar-refractivity contribution in [3.05, 3.63) is 70.2 Å². The topological polar surface area (TPSA) is 119 Å². The first-order chi connectivity index (χ1) is 17.0. The van der Waals surface area contributed by atoms with Crippen LogP contribution in [0.15, 0.2) is 52.2 Å². The van der Waals surface area contributed by atoms with Crippen molar-refractivity contribution in [1.29, 1.82) is 0 Å². The van der Waals surface area contributed by atoms with Crippen LogP contribution in [0, 0.1) is 6.92 Å². The number of alkyl halides is 3. The van der Waals surface area contributed by atoms with Crippen LogP contribution in [-0.2, 0) is 12.7 Å². The Morgan fingerprint density at radius 1 is 1.19 bits per heavy atom. The Bertz CT molecular complexity index is 1480. The molecule has 13 heteroatoms.